The Kier molecular flexibility index (Phi) is 7.40. The van der Waals surface area contributed by atoms with Gasteiger partial charge in [0.15, 0.2) is 17.5 Å². The lowest BCUT2D eigenvalue weighted by Gasteiger charge is -2.42. The van der Waals surface area contributed by atoms with Gasteiger partial charge in [0, 0.05) is 85.6 Å². The van der Waals surface area contributed by atoms with E-state index >= 15 is 13.2 Å². The number of piperazine rings is 2. The van der Waals surface area contributed by atoms with Crippen molar-refractivity contribution < 1.29 is 32.2 Å². The van der Waals surface area contributed by atoms with E-state index in [1.807, 2.05) is 9.80 Å². The van der Waals surface area contributed by atoms with Crippen LogP contribution in [0.15, 0.2) is 30.3 Å². The van der Waals surface area contributed by atoms with Crippen LogP contribution in [-0.2, 0) is 4.79 Å². The molecule has 2 N–H and O–H groups in total. The Balaban J connectivity index is 1.09. The maximum absolute atomic E-state index is 16.8. The number of benzene rings is 3. The number of fused-ring (bicyclic) bond motifs is 6. The van der Waals surface area contributed by atoms with Gasteiger partial charge in [-0.2, -0.15) is 9.97 Å². The van der Waals surface area contributed by atoms with E-state index in [1.165, 1.54) is 12.1 Å². The van der Waals surface area contributed by atoms with Crippen molar-refractivity contribution in [2.75, 3.05) is 44.2 Å². The number of aromatic hydroxyl groups is 1. The summed E-state index contributed by atoms with van der Waals surface area (Å²) in [5.74, 6) is -4.44. The predicted octanol–water partition coefficient (Wildman–Crippen LogP) is 5.51. The van der Waals surface area contributed by atoms with E-state index < -0.39 is 28.8 Å². The van der Waals surface area contributed by atoms with E-state index in [0.29, 0.717) is 37.6 Å². The van der Waals surface area contributed by atoms with E-state index in [4.69, 9.17) is 9.72 Å². The van der Waals surface area contributed by atoms with E-state index in [2.05, 4.69) is 15.2 Å². The number of hydrogen-bond acceptors (Lipinski definition) is 8. The van der Waals surface area contributed by atoms with Gasteiger partial charge in [-0.15, -0.1) is 0 Å². The number of nitrogens with one attached hydrogen (secondary N) is 1. The quantitative estimate of drug-likeness (QED) is 0.246. The normalized spacial score (nSPS) is 25.5. The Morgan fingerprint density at radius 2 is 1.66 bits per heavy atom. The number of hydrogen-bond donors (Lipinski definition) is 2. The Bertz CT molecular complexity index is 2030. The number of nitrogens with zero attached hydrogens (tertiary/aromatic N) is 5. The van der Waals surface area contributed by atoms with Gasteiger partial charge in [-0.3, -0.25) is 9.69 Å². The molecule has 13 heteroatoms. The number of carbonyl (C=O) groups is 1. The molecule has 5 fully saturated rings. The first-order chi connectivity index (χ1) is 24.1. The van der Waals surface area contributed by atoms with Gasteiger partial charge >= 0.3 is 6.01 Å². The molecule has 4 bridgehead atoms. The number of likely N-dealkylation sites (tertiary alicyclic amines) is 1. The smallest absolute Gasteiger partial charge is 0.319 e. The molecule has 1 amide bonds. The molecule has 5 aliphatic rings. The molecule has 0 spiro atoms. The molecule has 4 aromatic rings. The maximum Gasteiger partial charge on any atom is 0.319 e. The Labute approximate surface area is 286 Å². The zero-order valence-electron chi connectivity index (χ0n) is 27.7. The van der Waals surface area contributed by atoms with Crippen molar-refractivity contribution in [1.82, 2.24) is 25.1 Å². The number of amides is 1. The summed E-state index contributed by atoms with van der Waals surface area (Å²) in [6, 6.07) is 6.56. The SMILES string of the molecule is CC(=O)N1CC2CCC(C1)N2CC1(COc2nc(N3CC4CCC(C3)N4)c3cc(F)c(-c4cc(O)cc5ccc(F)c(F)c45)c(F)c3n2)CC1. The van der Waals surface area contributed by atoms with Crippen LogP contribution in [0.2, 0.25) is 0 Å². The van der Waals surface area contributed by atoms with E-state index in [0.717, 1.165) is 76.4 Å². The number of aromatic nitrogens is 2. The molecule has 262 valence electrons. The van der Waals surface area contributed by atoms with Gasteiger partial charge in [0.2, 0.25) is 5.91 Å². The molecule has 1 aromatic heterocycles. The summed E-state index contributed by atoms with van der Waals surface area (Å²) in [7, 11) is 0. The third kappa shape index (κ3) is 5.31. The summed E-state index contributed by atoms with van der Waals surface area (Å²) in [6.07, 6.45) is 5.99. The highest BCUT2D eigenvalue weighted by atomic mass is 19.2. The van der Waals surface area contributed by atoms with Crippen molar-refractivity contribution in [3.05, 3.63) is 53.6 Å². The average molecular weight is 691 g/mol. The molecule has 1 saturated carbocycles. The first-order valence-corrected chi connectivity index (χ1v) is 17.5. The Hall–Kier alpha value is -4.23. The van der Waals surface area contributed by atoms with E-state index in [1.54, 1.807) is 6.92 Å². The average Bonchev–Trinajstić information content (AvgIpc) is 3.72. The van der Waals surface area contributed by atoms with Crippen molar-refractivity contribution in [2.24, 2.45) is 5.41 Å². The van der Waals surface area contributed by atoms with Crippen molar-refractivity contribution in [2.45, 2.75) is 69.6 Å². The van der Waals surface area contributed by atoms with Crippen LogP contribution in [0.1, 0.15) is 45.4 Å². The van der Waals surface area contributed by atoms with Crippen molar-refractivity contribution in [3.63, 3.8) is 0 Å². The molecular weight excluding hydrogens is 652 g/mol. The van der Waals surface area contributed by atoms with Gasteiger partial charge in [-0.05, 0) is 68.2 Å². The van der Waals surface area contributed by atoms with Crippen molar-refractivity contribution >= 4 is 33.4 Å². The highest BCUT2D eigenvalue weighted by Crippen LogP contribution is 2.49. The van der Waals surface area contributed by atoms with Crippen molar-refractivity contribution in [1.29, 1.82) is 0 Å². The molecular formula is C37H38F4N6O3. The second-order valence-electron chi connectivity index (χ2n) is 15.0. The molecule has 3 aromatic carbocycles. The molecule has 0 radical (unpaired) electrons. The van der Waals surface area contributed by atoms with E-state index in [9.17, 15) is 14.3 Å². The third-order valence-electron chi connectivity index (χ3n) is 11.7. The second kappa shape index (κ2) is 11.7. The molecule has 50 heavy (non-hydrogen) atoms. The van der Waals surface area contributed by atoms with E-state index in [-0.39, 0.29) is 62.4 Å². The first-order valence-electron chi connectivity index (χ1n) is 17.5. The molecule has 9 nitrogen and oxygen atoms in total. The Morgan fingerprint density at radius 1 is 0.940 bits per heavy atom. The van der Waals surface area contributed by atoms with Crippen LogP contribution < -0.4 is 15.0 Å². The molecule has 4 atom stereocenters. The monoisotopic (exact) mass is 690 g/mol. The van der Waals surface area contributed by atoms with Crippen LogP contribution in [0.25, 0.3) is 32.8 Å². The van der Waals surface area contributed by atoms with Crippen LogP contribution in [-0.4, -0.2) is 94.3 Å². The topological polar surface area (TPSA) is 94.1 Å². The highest BCUT2D eigenvalue weighted by molar-refractivity contribution is 6.02. The molecule has 9 rings (SSSR count). The molecule has 4 unspecified atom stereocenters. The Morgan fingerprint density at radius 3 is 2.34 bits per heavy atom. The first kappa shape index (κ1) is 31.7. The number of halogens is 4. The van der Waals surface area contributed by atoms with Crippen LogP contribution in [0.4, 0.5) is 23.4 Å². The summed E-state index contributed by atoms with van der Waals surface area (Å²) in [4.78, 5) is 27.8. The fourth-order valence-corrected chi connectivity index (χ4v) is 8.90. The zero-order chi connectivity index (χ0) is 34.5. The minimum absolute atomic E-state index is 0.0384. The summed E-state index contributed by atoms with van der Waals surface area (Å²) in [5, 5.41) is 13.9. The molecule has 4 aliphatic heterocycles. The van der Waals surface area contributed by atoms with Gasteiger partial charge in [-0.25, -0.2) is 17.6 Å². The van der Waals surface area contributed by atoms with Crippen LogP contribution >= 0.6 is 0 Å². The number of rotatable bonds is 7. The number of phenols is 1. The molecule has 1 aliphatic carbocycles. The number of anilines is 1. The molecule has 5 heterocycles. The lowest BCUT2D eigenvalue weighted by molar-refractivity contribution is -0.132. The largest absolute Gasteiger partial charge is 0.508 e. The third-order valence-corrected chi connectivity index (χ3v) is 11.7. The van der Waals surface area contributed by atoms with Crippen LogP contribution in [0.5, 0.6) is 11.8 Å². The van der Waals surface area contributed by atoms with Crippen LogP contribution in [0.3, 0.4) is 0 Å². The summed E-state index contributed by atoms with van der Waals surface area (Å²) < 4.78 is 68.9. The number of carbonyl (C=O) groups excluding carboxylic acids is 1. The van der Waals surface area contributed by atoms with Gasteiger partial charge in [-0.1, -0.05) is 6.07 Å². The highest BCUT2D eigenvalue weighted by Gasteiger charge is 2.50. The molecule has 4 saturated heterocycles. The van der Waals surface area contributed by atoms with Gasteiger partial charge in [0.1, 0.15) is 22.9 Å². The minimum atomic E-state index is -1.27. The second-order valence-corrected chi connectivity index (χ2v) is 15.0. The number of ether oxygens (including phenoxy) is 1. The lowest BCUT2D eigenvalue weighted by Crippen LogP contribution is -2.56. The summed E-state index contributed by atoms with van der Waals surface area (Å²) in [5.41, 5.74) is -1.28. The summed E-state index contributed by atoms with van der Waals surface area (Å²) in [6.45, 7) is 5.41. The maximum atomic E-state index is 16.8. The minimum Gasteiger partial charge on any atom is -0.508 e. The fourth-order valence-electron chi connectivity index (χ4n) is 8.90. The van der Waals surface area contributed by atoms with Gasteiger partial charge < -0.3 is 25.0 Å². The fraction of sp³-hybridized carbons (Fsp3) is 0.486. The summed E-state index contributed by atoms with van der Waals surface area (Å²) >= 11 is 0. The zero-order valence-corrected chi connectivity index (χ0v) is 27.7. The standard InChI is InChI=1S/C37H38F4N6O3/c1-19(48)45-15-23-5-6-24(16-45)47(23)17-37(8-9-37)18-50-36-43-34-27(35(44-36)46-13-21-3-4-22(14-46)42-21)12-29(39)31(33(34)41)26-11-25(49)10-20-2-7-28(38)32(40)30(20)26/h2,7,10-12,21-24,42,49H,3-6,8-9,13-18H2,1H3. The lowest BCUT2D eigenvalue weighted by atomic mass is 9.95. The number of phenolic OH excluding ortho intramolecular Hbond substituents is 1. The van der Waals surface area contributed by atoms with Crippen molar-refractivity contribution in [3.8, 4) is 22.9 Å². The van der Waals surface area contributed by atoms with Gasteiger partial charge in [0.25, 0.3) is 0 Å². The predicted molar refractivity (Wildman–Crippen MR) is 179 cm³/mol. The van der Waals surface area contributed by atoms with Gasteiger partial charge in [0.05, 0.1) is 12.2 Å². The van der Waals surface area contributed by atoms with Crippen LogP contribution in [0, 0.1) is 28.7 Å².